The van der Waals surface area contributed by atoms with Crippen LogP contribution in [0.4, 0.5) is 13.2 Å². The summed E-state index contributed by atoms with van der Waals surface area (Å²) in [7, 11) is 0. The number of hydrogen-bond donors (Lipinski definition) is 1. The van der Waals surface area contributed by atoms with Crippen molar-refractivity contribution in [1.29, 1.82) is 0 Å². The number of benzene rings is 1. The highest BCUT2D eigenvalue weighted by atomic mass is 19.4. The van der Waals surface area contributed by atoms with Crippen molar-refractivity contribution >= 4 is 17.6 Å². The van der Waals surface area contributed by atoms with Gasteiger partial charge < -0.3 is 15.0 Å². The van der Waals surface area contributed by atoms with Crippen molar-refractivity contribution in [2.24, 2.45) is 0 Å². The fraction of sp³-hybridized carbons (Fsp3) is 0.526. The number of carbonyl (C=O) groups is 3. The highest BCUT2D eigenvalue weighted by Gasteiger charge is 2.36. The highest BCUT2D eigenvalue weighted by molar-refractivity contribution is 5.98. The Bertz CT molecular complexity index is 704. The number of rotatable bonds is 8. The predicted molar refractivity (Wildman–Crippen MR) is 95.0 cm³/mol. The number of nitrogens with zero attached hydrogens (tertiary/aromatic N) is 1. The number of Topliss-reactive ketones (excluding diaryl/α,β-unsaturated/α-hetero) is 1. The smallest absolute Gasteiger partial charge is 0.405 e. The first-order valence-corrected chi connectivity index (χ1v) is 9.11. The van der Waals surface area contributed by atoms with Gasteiger partial charge >= 0.3 is 6.18 Å². The van der Waals surface area contributed by atoms with Gasteiger partial charge in [0.05, 0.1) is 6.61 Å². The molecule has 0 saturated carbocycles. The second-order valence-corrected chi connectivity index (χ2v) is 6.46. The van der Waals surface area contributed by atoms with Crippen LogP contribution in [0.2, 0.25) is 0 Å². The number of ketones is 1. The van der Waals surface area contributed by atoms with Gasteiger partial charge in [0.1, 0.15) is 18.3 Å². The molecular formula is C19H23F3N2O4. The van der Waals surface area contributed by atoms with E-state index in [1.165, 1.54) is 4.90 Å². The molecule has 0 aromatic heterocycles. The van der Waals surface area contributed by atoms with Crippen LogP contribution in [-0.4, -0.2) is 54.4 Å². The average molecular weight is 400 g/mol. The number of carbonyl (C=O) groups excluding carboxylic acids is 3. The van der Waals surface area contributed by atoms with Gasteiger partial charge in [0.2, 0.25) is 11.8 Å². The van der Waals surface area contributed by atoms with Crippen LogP contribution in [-0.2, 0) is 9.59 Å². The Morgan fingerprint density at radius 1 is 1.18 bits per heavy atom. The number of likely N-dealkylation sites (tertiary alicyclic amines) is 1. The molecule has 1 unspecified atom stereocenters. The molecule has 2 amide bonds. The fourth-order valence-electron chi connectivity index (χ4n) is 3.06. The first-order chi connectivity index (χ1) is 13.2. The van der Waals surface area contributed by atoms with Crippen LogP contribution >= 0.6 is 0 Å². The van der Waals surface area contributed by atoms with Crippen LogP contribution in [0.25, 0.3) is 0 Å². The Hall–Kier alpha value is -2.58. The molecule has 9 heteroatoms. The van der Waals surface area contributed by atoms with E-state index in [4.69, 9.17) is 4.74 Å². The third-order valence-electron chi connectivity index (χ3n) is 4.39. The Balaban J connectivity index is 1.87. The highest BCUT2D eigenvalue weighted by Crippen LogP contribution is 2.21. The van der Waals surface area contributed by atoms with Gasteiger partial charge in [-0.3, -0.25) is 14.4 Å². The summed E-state index contributed by atoms with van der Waals surface area (Å²) in [4.78, 5) is 37.9. The van der Waals surface area contributed by atoms with Crippen molar-refractivity contribution in [3.63, 3.8) is 0 Å². The standard InChI is InChI=1S/C19H23F3N2O4/c1-2-28-14-7-5-13(6-8-14)16(25)9-10-17(26)24-11-3-4-15(24)18(27)23-12-19(20,21)22/h5-8,15H,2-4,9-12H2,1H3,(H,23,27). The summed E-state index contributed by atoms with van der Waals surface area (Å²) in [6.07, 6.45) is -3.81. The van der Waals surface area contributed by atoms with Crippen LogP contribution in [0.1, 0.15) is 43.0 Å². The minimum absolute atomic E-state index is 0.0415. The minimum atomic E-state index is -4.51. The summed E-state index contributed by atoms with van der Waals surface area (Å²) < 4.78 is 42.1. The number of nitrogens with one attached hydrogen (secondary N) is 1. The van der Waals surface area contributed by atoms with E-state index in [-0.39, 0.29) is 18.6 Å². The first kappa shape index (κ1) is 21.7. The third kappa shape index (κ3) is 6.24. The normalized spacial score (nSPS) is 16.7. The maximum absolute atomic E-state index is 12.4. The molecule has 1 aromatic carbocycles. The Kier molecular flexibility index (Phi) is 7.42. The second-order valence-electron chi connectivity index (χ2n) is 6.46. The molecule has 1 saturated heterocycles. The Labute approximate surface area is 161 Å². The SMILES string of the molecule is CCOc1ccc(C(=O)CCC(=O)N2CCCC2C(=O)NCC(F)(F)F)cc1. The van der Waals surface area contributed by atoms with Crippen molar-refractivity contribution in [2.45, 2.75) is 44.8 Å². The summed E-state index contributed by atoms with van der Waals surface area (Å²) >= 11 is 0. The van der Waals surface area contributed by atoms with Crippen molar-refractivity contribution in [1.82, 2.24) is 10.2 Å². The molecule has 1 heterocycles. The second kappa shape index (κ2) is 9.57. The molecule has 1 aromatic rings. The topological polar surface area (TPSA) is 75.7 Å². The number of alkyl halides is 3. The lowest BCUT2D eigenvalue weighted by atomic mass is 10.1. The quantitative estimate of drug-likeness (QED) is 0.681. The fourth-order valence-corrected chi connectivity index (χ4v) is 3.06. The Morgan fingerprint density at radius 2 is 1.86 bits per heavy atom. The van der Waals surface area contributed by atoms with Crippen molar-refractivity contribution in [2.75, 3.05) is 19.7 Å². The van der Waals surface area contributed by atoms with E-state index in [0.29, 0.717) is 37.3 Å². The molecule has 1 aliphatic rings. The van der Waals surface area contributed by atoms with Crippen molar-refractivity contribution in [3.8, 4) is 5.75 Å². The van der Waals surface area contributed by atoms with E-state index in [1.807, 2.05) is 12.2 Å². The van der Waals surface area contributed by atoms with E-state index in [0.717, 1.165) is 0 Å². The van der Waals surface area contributed by atoms with Crippen molar-refractivity contribution < 1.29 is 32.3 Å². The zero-order valence-corrected chi connectivity index (χ0v) is 15.6. The number of ether oxygens (including phenoxy) is 1. The van der Waals surface area contributed by atoms with Crippen molar-refractivity contribution in [3.05, 3.63) is 29.8 Å². The molecule has 0 bridgehead atoms. The number of halogens is 3. The lowest BCUT2D eigenvalue weighted by Gasteiger charge is -2.24. The maximum atomic E-state index is 12.4. The minimum Gasteiger partial charge on any atom is -0.494 e. The largest absolute Gasteiger partial charge is 0.494 e. The van der Waals surface area contributed by atoms with Gasteiger partial charge in [-0.25, -0.2) is 0 Å². The van der Waals surface area contributed by atoms with Gasteiger partial charge in [-0.1, -0.05) is 0 Å². The van der Waals surface area contributed by atoms with Gasteiger partial charge in [0, 0.05) is 24.9 Å². The molecular weight excluding hydrogens is 377 g/mol. The maximum Gasteiger partial charge on any atom is 0.405 e. The summed E-state index contributed by atoms with van der Waals surface area (Å²) in [6.45, 7) is 1.22. The zero-order chi connectivity index (χ0) is 20.7. The van der Waals surface area contributed by atoms with E-state index in [9.17, 15) is 27.6 Å². The van der Waals surface area contributed by atoms with Gasteiger partial charge in [-0.05, 0) is 44.0 Å². The molecule has 1 fully saturated rings. The molecule has 154 valence electrons. The summed E-state index contributed by atoms with van der Waals surface area (Å²) in [5.74, 6) is -0.821. The van der Waals surface area contributed by atoms with Crippen LogP contribution in [0.15, 0.2) is 24.3 Å². The molecule has 6 nitrogen and oxygen atoms in total. The molecule has 1 atom stereocenters. The molecule has 1 N–H and O–H groups in total. The predicted octanol–water partition coefficient (Wildman–Crippen LogP) is 2.72. The van der Waals surface area contributed by atoms with E-state index in [1.54, 1.807) is 24.3 Å². The lowest BCUT2D eigenvalue weighted by molar-refractivity contribution is -0.144. The molecule has 1 aliphatic heterocycles. The average Bonchev–Trinajstić information content (AvgIpc) is 3.14. The first-order valence-electron chi connectivity index (χ1n) is 9.11. The molecule has 0 spiro atoms. The van der Waals surface area contributed by atoms with Gasteiger partial charge in [-0.15, -0.1) is 0 Å². The monoisotopic (exact) mass is 400 g/mol. The molecule has 0 aliphatic carbocycles. The summed E-state index contributed by atoms with van der Waals surface area (Å²) in [5, 5.41) is 1.82. The Morgan fingerprint density at radius 3 is 2.46 bits per heavy atom. The number of amides is 2. The summed E-state index contributed by atoms with van der Waals surface area (Å²) in [6, 6.07) is 5.64. The van der Waals surface area contributed by atoms with Gasteiger partial charge in [0.25, 0.3) is 0 Å². The zero-order valence-electron chi connectivity index (χ0n) is 15.6. The van der Waals surface area contributed by atoms with Crippen LogP contribution in [0.5, 0.6) is 5.75 Å². The molecule has 28 heavy (non-hydrogen) atoms. The van der Waals surface area contributed by atoms with Crippen LogP contribution < -0.4 is 10.1 Å². The summed E-state index contributed by atoms with van der Waals surface area (Å²) in [5.41, 5.74) is 0.442. The molecule has 2 rings (SSSR count). The van der Waals surface area contributed by atoms with E-state index < -0.39 is 30.6 Å². The van der Waals surface area contributed by atoms with Crippen LogP contribution in [0, 0.1) is 0 Å². The van der Waals surface area contributed by atoms with E-state index in [2.05, 4.69) is 0 Å². The lowest BCUT2D eigenvalue weighted by Crippen LogP contribution is -2.48. The third-order valence-corrected chi connectivity index (χ3v) is 4.39. The number of hydrogen-bond acceptors (Lipinski definition) is 4. The van der Waals surface area contributed by atoms with Gasteiger partial charge in [0.15, 0.2) is 5.78 Å². The van der Waals surface area contributed by atoms with Gasteiger partial charge in [-0.2, -0.15) is 13.2 Å². The van der Waals surface area contributed by atoms with E-state index >= 15 is 0 Å². The van der Waals surface area contributed by atoms with Crippen LogP contribution in [0.3, 0.4) is 0 Å². The molecule has 0 radical (unpaired) electrons.